The Kier molecular flexibility index (Phi) is 52.6. The number of aliphatic hydroxyl groups is 2. The molecule has 10 heteroatoms. The number of allylic oxidation sites excluding steroid dienone is 12. The Balaban J connectivity index is 4.07. The van der Waals surface area contributed by atoms with Crippen LogP contribution in [0.15, 0.2) is 72.9 Å². The fraction of sp³-hybridized carbons (Fsp3) is 0.776. The molecular formula is C58H105O9P. The first-order valence-electron chi connectivity index (χ1n) is 27.9. The van der Waals surface area contributed by atoms with E-state index >= 15 is 0 Å². The largest absolute Gasteiger partial charge is 0.472 e. The van der Waals surface area contributed by atoms with E-state index in [1.165, 1.54) is 128 Å². The van der Waals surface area contributed by atoms with Gasteiger partial charge in [-0.3, -0.25) is 13.8 Å². The van der Waals surface area contributed by atoms with Gasteiger partial charge in [-0.05, 0) is 64.2 Å². The highest BCUT2D eigenvalue weighted by atomic mass is 31.2. The van der Waals surface area contributed by atoms with Crippen molar-refractivity contribution in [1.82, 2.24) is 0 Å². The summed E-state index contributed by atoms with van der Waals surface area (Å²) < 4.78 is 33.6. The zero-order valence-electron chi connectivity index (χ0n) is 43.8. The van der Waals surface area contributed by atoms with E-state index in [-0.39, 0.29) is 25.6 Å². The minimum atomic E-state index is -4.54. The molecule has 0 amide bonds. The summed E-state index contributed by atoms with van der Waals surface area (Å²) in [5.74, 6) is -0.387. The molecule has 396 valence electrons. The predicted molar refractivity (Wildman–Crippen MR) is 288 cm³/mol. The molecule has 0 aliphatic carbocycles. The maximum Gasteiger partial charge on any atom is 0.472 e. The lowest BCUT2D eigenvalue weighted by atomic mass is 10.0. The first-order valence-corrected chi connectivity index (χ1v) is 29.4. The number of phosphoric acid groups is 1. The molecule has 0 aliphatic heterocycles. The fourth-order valence-corrected chi connectivity index (χ4v) is 8.50. The molecular weight excluding hydrogens is 872 g/mol. The molecule has 0 saturated carbocycles. The van der Waals surface area contributed by atoms with E-state index in [1.807, 2.05) is 0 Å². The lowest BCUT2D eigenvalue weighted by Gasteiger charge is -2.20. The molecule has 0 rings (SSSR count). The molecule has 0 radical (unpaired) electrons. The normalized spacial score (nSPS) is 14.2. The molecule has 68 heavy (non-hydrogen) atoms. The highest BCUT2D eigenvalue weighted by Gasteiger charge is 2.26. The van der Waals surface area contributed by atoms with Gasteiger partial charge in [0.05, 0.1) is 26.4 Å². The van der Waals surface area contributed by atoms with Crippen molar-refractivity contribution in [3.05, 3.63) is 72.9 Å². The monoisotopic (exact) mass is 977 g/mol. The fourth-order valence-electron chi connectivity index (χ4n) is 7.71. The average molecular weight is 977 g/mol. The third kappa shape index (κ3) is 53.3. The minimum absolute atomic E-state index is 0.0348. The Morgan fingerprint density at radius 3 is 1.26 bits per heavy atom. The highest BCUT2D eigenvalue weighted by molar-refractivity contribution is 7.47. The van der Waals surface area contributed by atoms with Gasteiger partial charge in [-0.2, -0.15) is 0 Å². The minimum Gasteiger partial charge on any atom is -0.457 e. The van der Waals surface area contributed by atoms with Crippen molar-refractivity contribution >= 4 is 13.8 Å². The van der Waals surface area contributed by atoms with Crippen LogP contribution in [-0.4, -0.2) is 66.3 Å². The number of phosphoric ester groups is 1. The summed E-state index contributed by atoms with van der Waals surface area (Å²) in [4.78, 5) is 22.8. The van der Waals surface area contributed by atoms with Gasteiger partial charge in [0, 0.05) is 13.0 Å². The quantitative estimate of drug-likeness (QED) is 0.0236. The van der Waals surface area contributed by atoms with Crippen LogP contribution in [-0.2, 0) is 27.9 Å². The van der Waals surface area contributed by atoms with Gasteiger partial charge in [-0.25, -0.2) is 4.57 Å². The van der Waals surface area contributed by atoms with E-state index in [1.54, 1.807) is 0 Å². The second kappa shape index (κ2) is 54.2. The van der Waals surface area contributed by atoms with Crippen molar-refractivity contribution in [3.63, 3.8) is 0 Å². The molecule has 0 fully saturated rings. The Morgan fingerprint density at radius 1 is 0.471 bits per heavy atom. The zero-order valence-corrected chi connectivity index (χ0v) is 44.7. The van der Waals surface area contributed by atoms with Crippen LogP contribution in [0, 0.1) is 0 Å². The average Bonchev–Trinajstić information content (AvgIpc) is 3.33. The lowest BCUT2D eigenvalue weighted by Crippen LogP contribution is -2.29. The summed E-state index contributed by atoms with van der Waals surface area (Å²) in [6, 6.07) is 0. The van der Waals surface area contributed by atoms with Crippen LogP contribution in [0.4, 0.5) is 0 Å². The molecule has 0 aromatic carbocycles. The van der Waals surface area contributed by atoms with Gasteiger partial charge in [-0.15, -0.1) is 0 Å². The maximum atomic E-state index is 12.7. The smallest absolute Gasteiger partial charge is 0.457 e. The van der Waals surface area contributed by atoms with Gasteiger partial charge in [0.2, 0.25) is 0 Å². The van der Waals surface area contributed by atoms with Gasteiger partial charge < -0.3 is 24.6 Å². The van der Waals surface area contributed by atoms with Crippen LogP contribution in [0.25, 0.3) is 0 Å². The molecule has 0 saturated heterocycles. The Hall–Kier alpha value is -2.10. The summed E-state index contributed by atoms with van der Waals surface area (Å²) in [5, 5.41) is 18.5. The summed E-state index contributed by atoms with van der Waals surface area (Å²) in [6.45, 7) is 3.39. The molecule has 0 aliphatic rings. The molecule has 0 aromatic rings. The number of aliphatic hydroxyl groups excluding tert-OH is 2. The van der Waals surface area contributed by atoms with Crippen LogP contribution < -0.4 is 0 Å². The zero-order chi connectivity index (χ0) is 49.5. The van der Waals surface area contributed by atoms with Crippen molar-refractivity contribution in [3.8, 4) is 0 Å². The van der Waals surface area contributed by atoms with Gasteiger partial charge in [0.25, 0.3) is 0 Å². The van der Waals surface area contributed by atoms with Gasteiger partial charge in [0.1, 0.15) is 12.2 Å². The second-order valence-electron chi connectivity index (χ2n) is 18.6. The number of unbranched alkanes of at least 4 members (excludes halogenated alkanes) is 27. The lowest BCUT2D eigenvalue weighted by molar-refractivity contribution is -0.154. The molecule has 3 atom stereocenters. The van der Waals surface area contributed by atoms with Crippen LogP contribution in [0.3, 0.4) is 0 Å². The summed E-state index contributed by atoms with van der Waals surface area (Å²) in [7, 11) is -4.54. The first kappa shape index (κ1) is 65.9. The summed E-state index contributed by atoms with van der Waals surface area (Å²) >= 11 is 0. The first-order chi connectivity index (χ1) is 33.3. The number of carbonyl (C=O) groups is 1. The summed E-state index contributed by atoms with van der Waals surface area (Å²) in [6.07, 6.45) is 67.4. The maximum absolute atomic E-state index is 12.7. The summed E-state index contributed by atoms with van der Waals surface area (Å²) in [5.41, 5.74) is 0. The third-order valence-electron chi connectivity index (χ3n) is 11.9. The Labute approximate surface area is 418 Å². The molecule has 3 unspecified atom stereocenters. The highest BCUT2D eigenvalue weighted by Crippen LogP contribution is 2.43. The molecule has 3 N–H and O–H groups in total. The number of ether oxygens (including phenoxy) is 2. The van der Waals surface area contributed by atoms with E-state index in [0.717, 1.165) is 96.3 Å². The number of hydrogen-bond donors (Lipinski definition) is 3. The van der Waals surface area contributed by atoms with Crippen molar-refractivity contribution in [1.29, 1.82) is 0 Å². The van der Waals surface area contributed by atoms with Crippen molar-refractivity contribution < 1.29 is 43.0 Å². The second-order valence-corrected chi connectivity index (χ2v) is 20.0. The van der Waals surface area contributed by atoms with Crippen LogP contribution >= 0.6 is 7.82 Å². The molecule has 9 nitrogen and oxygen atoms in total. The number of rotatable bonds is 53. The Bertz CT molecular complexity index is 1290. The van der Waals surface area contributed by atoms with E-state index < -0.39 is 33.2 Å². The number of hydrogen-bond acceptors (Lipinski definition) is 8. The Morgan fingerprint density at radius 2 is 0.838 bits per heavy atom. The molecule has 0 heterocycles. The van der Waals surface area contributed by atoms with Crippen LogP contribution in [0.1, 0.15) is 245 Å². The van der Waals surface area contributed by atoms with E-state index in [9.17, 15) is 19.4 Å². The van der Waals surface area contributed by atoms with Crippen molar-refractivity contribution in [2.45, 2.75) is 257 Å². The standard InChI is InChI=1S/C58H105O9P/c1-3-5-7-9-11-13-15-17-19-21-23-25-27-29-31-33-35-37-39-41-43-45-47-49-51-64-54-57(55-66-68(62,63)65-53-56(60)52-59)67-58(61)50-48-46-44-42-40-38-36-34-32-30-28-26-24-22-20-18-16-14-12-10-8-6-4-2/h5,7,11,13,17,19,23,25,29,31,35,37,56-57,59-60H,3-4,6,8-10,12,14-16,18,20-22,24,26-28,30,32-34,36,38-55H2,1-2H3,(H,62,63)/b7-5-,13-11-,19-17-,25-23-,31-29-,37-35-. The molecule has 0 aromatic heterocycles. The number of esters is 1. The van der Waals surface area contributed by atoms with E-state index in [4.69, 9.17) is 23.6 Å². The SMILES string of the molecule is CC/C=C\C/C=C\C/C=C\C/C=C\C/C=C\C/C=C\CCCCCCCOCC(COP(=O)(O)OCC(O)CO)OC(=O)CCCCCCCCCCCCCCCCCCCCCCCCC. The van der Waals surface area contributed by atoms with E-state index in [0.29, 0.717) is 6.61 Å². The van der Waals surface area contributed by atoms with E-state index in [2.05, 4.69) is 86.8 Å². The number of carbonyl (C=O) groups excluding carboxylic acids is 1. The topological polar surface area (TPSA) is 132 Å². The predicted octanol–water partition coefficient (Wildman–Crippen LogP) is 16.8. The molecule has 0 bridgehead atoms. The van der Waals surface area contributed by atoms with Gasteiger partial charge >= 0.3 is 13.8 Å². The van der Waals surface area contributed by atoms with Crippen molar-refractivity contribution in [2.24, 2.45) is 0 Å². The third-order valence-corrected chi connectivity index (χ3v) is 12.9. The van der Waals surface area contributed by atoms with Gasteiger partial charge in [0.15, 0.2) is 0 Å². The van der Waals surface area contributed by atoms with Crippen LogP contribution in [0.2, 0.25) is 0 Å². The van der Waals surface area contributed by atoms with Crippen LogP contribution in [0.5, 0.6) is 0 Å². The van der Waals surface area contributed by atoms with Gasteiger partial charge in [-0.1, -0.05) is 247 Å². The van der Waals surface area contributed by atoms with Crippen molar-refractivity contribution in [2.75, 3.05) is 33.0 Å². The molecule has 0 spiro atoms.